The number of hydrogen-bond acceptors (Lipinski definition) is 6. The maximum Gasteiger partial charge on any atom is 0.276 e. The summed E-state index contributed by atoms with van der Waals surface area (Å²) in [6.07, 6.45) is 0. The first-order chi connectivity index (χ1) is 10.6. The lowest BCUT2D eigenvalue weighted by atomic mass is 10.2. The predicted molar refractivity (Wildman–Crippen MR) is 76.4 cm³/mol. The van der Waals surface area contributed by atoms with Crippen molar-refractivity contribution < 1.29 is 23.6 Å². The molecule has 1 saturated heterocycles. The highest BCUT2D eigenvalue weighted by molar-refractivity contribution is 5.92. The molecule has 0 spiro atoms. The molecule has 0 aromatic carbocycles. The molecule has 1 fully saturated rings. The van der Waals surface area contributed by atoms with E-state index in [1.807, 2.05) is 0 Å². The normalized spacial score (nSPS) is 15.2. The Morgan fingerprint density at radius 2 is 1.91 bits per heavy atom. The number of methoxy groups -OCH3 is 1. The first-order valence-corrected chi connectivity index (χ1v) is 7.19. The number of carbonyl (C=O) groups is 2. The Bertz CT molecular complexity index is 508. The summed E-state index contributed by atoms with van der Waals surface area (Å²) in [5.74, 6) is 0.367. The molecular weight excluding hydrogens is 290 g/mol. The summed E-state index contributed by atoms with van der Waals surface area (Å²) in [5.41, 5.74) is 0.306. The first-order valence-electron chi connectivity index (χ1n) is 7.19. The Morgan fingerprint density at radius 3 is 2.50 bits per heavy atom. The fourth-order valence-electron chi connectivity index (χ4n) is 2.18. The smallest absolute Gasteiger partial charge is 0.276 e. The van der Waals surface area contributed by atoms with E-state index in [2.05, 4.69) is 5.16 Å². The van der Waals surface area contributed by atoms with Crippen molar-refractivity contribution in [1.29, 1.82) is 0 Å². The second kappa shape index (κ2) is 7.90. The van der Waals surface area contributed by atoms with E-state index < -0.39 is 0 Å². The number of piperazine rings is 1. The number of amides is 2. The van der Waals surface area contributed by atoms with Crippen LogP contribution in [0.3, 0.4) is 0 Å². The highest BCUT2D eigenvalue weighted by atomic mass is 16.5. The SMILES string of the molecule is COCCOCC(=O)N1CCN(C(=O)c2cc(C)on2)CC1. The van der Waals surface area contributed by atoms with Crippen molar-refractivity contribution in [3.8, 4) is 0 Å². The highest BCUT2D eigenvalue weighted by Gasteiger charge is 2.26. The molecule has 0 radical (unpaired) electrons. The maximum atomic E-state index is 12.2. The van der Waals surface area contributed by atoms with Crippen LogP contribution in [0.4, 0.5) is 0 Å². The Labute approximate surface area is 128 Å². The van der Waals surface area contributed by atoms with E-state index in [1.165, 1.54) is 0 Å². The molecule has 22 heavy (non-hydrogen) atoms. The largest absolute Gasteiger partial charge is 0.382 e. The third-order valence-corrected chi connectivity index (χ3v) is 3.42. The number of aromatic nitrogens is 1. The molecule has 1 aromatic heterocycles. The molecule has 0 N–H and O–H groups in total. The topological polar surface area (TPSA) is 85.1 Å². The minimum Gasteiger partial charge on any atom is -0.382 e. The van der Waals surface area contributed by atoms with Gasteiger partial charge >= 0.3 is 0 Å². The summed E-state index contributed by atoms with van der Waals surface area (Å²) < 4.78 is 15.0. The van der Waals surface area contributed by atoms with E-state index in [0.717, 1.165) is 0 Å². The number of rotatable bonds is 6. The van der Waals surface area contributed by atoms with Crippen molar-refractivity contribution in [3.05, 3.63) is 17.5 Å². The van der Waals surface area contributed by atoms with Crippen LogP contribution in [0, 0.1) is 6.92 Å². The quantitative estimate of drug-likeness (QED) is 0.684. The average molecular weight is 311 g/mol. The molecular formula is C14H21N3O5. The molecule has 0 bridgehead atoms. The lowest BCUT2D eigenvalue weighted by Gasteiger charge is -2.34. The van der Waals surface area contributed by atoms with Gasteiger partial charge in [0.15, 0.2) is 5.69 Å². The lowest BCUT2D eigenvalue weighted by Crippen LogP contribution is -2.51. The Hall–Kier alpha value is -1.93. The molecule has 0 unspecified atom stereocenters. The zero-order valence-electron chi connectivity index (χ0n) is 12.9. The molecule has 0 atom stereocenters. The van der Waals surface area contributed by atoms with Crippen LogP contribution in [0.15, 0.2) is 10.6 Å². The molecule has 2 heterocycles. The summed E-state index contributed by atoms with van der Waals surface area (Å²) in [7, 11) is 1.58. The van der Waals surface area contributed by atoms with Gasteiger partial charge in [0.25, 0.3) is 5.91 Å². The predicted octanol–water partition coefficient (Wildman–Crippen LogP) is -0.0696. The van der Waals surface area contributed by atoms with E-state index in [1.54, 1.807) is 29.9 Å². The molecule has 1 aliphatic rings. The fourth-order valence-corrected chi connectivity index (χ4v) is 2.18. The highest BCUT2D eigenvalue weighted by Crippen LogP contribution is 2.09. The molecule has 2 amide bonds. The van der Waals surface area contributed by atoms with Crippen LogP contribution in [0.25, 0.3) is 0 Å². The molecule has 2 rings (SSSR count). The van der Waals surface area contributed by atoms with Crippen molar-refractivity contribution in [2.75, 3.05) is 53.1 Å². The third-order valence-electron chi connectivity index (χ3n) is 3.42. The monoisotopic (exact) mass is 311 g/mol. The standard InChI is InChI=1S/C14H21N3O5/c1-11-9-12(15-22-11)14(19)17-5-3-16(4-6-17)13(18)10-21-8-7-20-2/h9H,3-8,10H2,1-2H3. The summed E-state index contributed by atoms with van der Waals surface area (Å²) in [5, 5.41) is 3.72. The molecule has 1 aliphatic heterocycles. The van der Waals surface area contributed by atoms with Gasteiger partial charge in [0.05, 0.1) is 13.2 Å². The van der Waals surface area contributed by atoms with Gasteiger partial charge in [-0.15, -0.1) is 0 Å². The van der Waals surface area contributed by atoms with Gasteiger partial charge in [-0.3, -0.25) is 9.59 Å². The second-order valence-corrected chi connectivity index (χ2v) is 5.04. The summed E-state index contributed by atoms with van der Waals surface area (Å²) in [4.78, 5) is 27.5. The molecule has 122 valence electrons. The maximum absolute atomic E-state index is 12.2. The molecule has 1 aromatic rings. The van der Waals surface area contributed by atoms with Gasteiger partial charge in [-0.2, -0.15) is 0 Å². The molecule has 0 saturated carbocycles. The van der Waals surface area contributed by atoms with Crippen LogP contribution in [0.5, 0.6) is 0 Å². The third kappa shape index (κ3) is 4.28. The summed E-state index contributed by atoms with van der Waals surface area (Å²) in [6.45, 7) is 4.59. The van der Waals surface area contributed by atoms with Crippen molar-refractivity contribution in [1.82, 2.24) is 15.0 Å². The zero-order chi connectivity index (χ0) is 15.9. The van der Waals surface area contributed by atoms with Gasteiger partial charge in [0.2, 0.25) is 5.91 Å². The van der Waals surface area contributed by atoms with Crippen molar-refractivity contribution in [2.24, 2.45) is 0 Å². The average Bonchev–Trinajstić information content (AvgIpc) is 2.97. The van der Waals surface area contributed by atoms with Crippen molar-refractivity contribution in [3.63, 3.8) is 0 Å². The lowest BCUT2D eigenvalue weighted by molar-refractivity contribution is -0.138. The van der Waals surface area contributed by atoms with Crippen LogP contribution in [-0.4, -0.2) is 79.9 Å². The second-order valence-electron chi connectivity index (χ2n) is 5.04. The number of carbonyl (C=O) groups excluding carboxylic acids is 2. The Kier molecular flexibility index (Phi) is 5.91. The van der Waals surface area contributed by atoms with Crippen LogP contribution in [0.2, 0.25) is 0 Å². The van der Waals surface area contributed by atoms with E-state index >= 15 is 0 Å². The van der Waals surface area contributed by atoms with E-state index in [-0.39, 0.29) is 18.4 Å². The van der Waals surface area contributed by atoms with E-state index in [0.29, 0.717) is 50.8 Å². The van der Waals surface area contributed by atoms with E-state index in [9.17, 15) is 9.59 Å². The van der Waals surface area contributed by atoms with Gasteiger partial charge in [-0.1, -0.05) is 5.16 Å². The number of ether oxygens (including phenoxy) is 2. The molecule has 8 heteroatoms. The zero-order valence-corrected chi connectivity index (χ0v) is 12.9. The molecule has 8 nitrogen and oxygen atoms in total. The Morgan fingerprint density at radius 1 is 1.23 bits per heavy atom. The van der Waals surface area contributed by atoms with Gasteiger partial charge in [0, 0.05) is 39.4 Å². The fraction of sp³-hybridized carbons (Fsp3) is 0.643. The van der Waals surface area contributed by atoms with Crippen LogP contribution < -0.4 is 0 Å². The minimum absolute atomic E-state index is 0.0415. The van der Waals surface area contributed by atoms with Gasteiger partial charge in [-0.25, -0.2) is 0 Å². The van der Waals surface area contributed by atoms with Crippen LogP contribution in [-0.2, 0) is 14.3 Å². The number of hydrogen-bond donors (Lipinski definition) is 0. The van der Waals surface area contributed by atoms with Gasteiger partial charge in [0.1, 0.15) is 12.4 Å². The van der Waals surface area contributed by atoms with Crippen molar-refractivity contribution in [2.45, 2.75) is 6.92 Å². The number of nitrogens with zero attached hydrogens (tertiary/aromatic N) is 3. The van der Waals surface area contributed by atoms with Crippen LogP contribution in [0.1, 0.15) is 16.2 Å². The molecule has 0 aliphatic carbocycles. The number of aryl methyl sites for hydroxylation is 1. The summed E-state index contributed by atoms with van der Waals surface area (Å²) in [6, 6.07) is 1.61. The first kappa shape index (κ1) is 16.4. The Balaban J connectivity index is 1.75. The van der Waals surface area contributed by atoms with Gasteiger partial charge < -0.3 is 23.8 Å². The van der Waals surface area contributed by atoms with Crippen molar-refractivity contribution >= 4 is 11.8 Å². The minimum atomic E-state index is -0.166. The summed E-state index contributed by atoms with van der Waals surface area (Å²) >= 11 is 0. The van der Waals surface area contributed by atoms with Gasteiger partial charge in [-0.05, 0) is 6.92 Å². The van der Waals surface area contributed by atoms with Crippen LogP contribution >= 0.6 is 0 Å². The van der Waals surface area contributed by atoms with E-state index in [4.69, 9.17) is 14.0 Å².